The van der Waals surface area contributed by atoms with E-state index in [4.69, 9.17) is 14.5 Å². The summed E-state index contributed by atoms with van der Waals surface area (Å²) >= 11 is 2.85. The number of benzene rings is 2. The number of anilines is 1. The highest BCUT2D eigenvalue weighted by atomic mass is 32.1. The number of aromatic nitrogens is 2. The van der Waals surface area contributed by atoms with Crippen molar-refractivity contribution in [3.05, 3.63) is 124 Å². The van der Waals surface area contributed by atoms with Crippen molar-refractivity contribution in [2.75, 3.05) is 19.5 Å². The first-order chi connectivity index (χ1) is 22.6. The van der Waals surface area contributed by atoms with Crippen molar-refractivity contribution < 1.29 is 14.3 Å². The predicted octanol–water partition coefficient (Wildman–Crippen LogP) is 5.85. The van der Waals surface area contributed by atoms with E-state index in [-0.39, 0.29) is 11.5 Å². The number of fused-ring (bicyclic) bond motifs is 1. The number of para-hydroxylation sites is 1. The Kier molecular flexibility index (Phi) is 8.49. The van der Waals surface area contributed by atoms with Crippen LogP contribution in [0.3, 0.4) is 0 Å². The van der Waals surface area contributed by atoms with Gasteiger partial charge in [-0.2, -0.15) is 5.26 Å². The van der Waals surface area contributed by atoms with Gasteiger partial charge in [0.1, 0.15) is 28.6 Å². The van der Waals surface area contributed by atoms with E-state index in [9.17, 15) is 14.9 Å². The molecule has 1 aliphatic rings. The summed E-state index contributed by atoms with van der Waals surface area (Å²) in [6, 6.07) is 18.1. The zero-order chi connectivity index (χ0) is 33.6. The SMILES string of the molecule is COc1ccc([C@H]2C(C(=O)Nc3ccccc3)=C(C)N=c3s/c(=C/c4cc(C)n(-c5sc(C)c(C)c5C#N)c4C)c(=O)n32)c(OC)c1. The van der Waals surface area contributed by atoms with E-state index in [1.165, 1.54) is 11.3 Å². The molecule has 0 bridgehead atoms. The molecule has 47 heavy (non-hydrogen) atoms. The van der Waals surface area contributed by atoms with Crippen molar-refractivity contribution in [3.63, 3.8) is 0 Å². The molecule has 6 rings (SSSR count). The van der Waals surface area contributed by atoms with E-state index < -0.39 is 6.04 Å². The molecule has 5 aromatic rings. The molecular formula is C36H33N5O4S2. The van der Waals surface area contributed by atoms with E-state index in [0.29, 0.717) is 48.9 Å². The van der Waals surface area contributed by atoms with Crippen molar-refractivity contribution >= 4 is 40.3 Å². The van der Waals surface area contributed by atoms with Gasteiger partial charge in [-0.3, -0.25) is 14.2 Å². The van der Waals surface area contributed by atoms with Gasteiger partial charge in [-0.25, -0.2) is 4.99 Å². The summed E-state index contributed by atoms with van der Waals surface area (Å²) in [6.45, 7) is 9.75. The van der Waals surface area contributed by atoms with Crippen LogP contribution in [0, 0.1) is 39.0 Å². The number of methoxy groups -OCH3 is 2. The molecule has 9 nitrogen and oxygen atoms in total. The molecule has 0 saturated carbocycles. The van der Waals surface area contributed by atoms with Crippen LogP contribution in [0.25, 0.3) is 11.1 Å². The number of nitrogens with one attached hydrogen (secondary N) is 1. The lowest BCUT2D eigenvalue weighted by Gasteiger charge is -2.26. The normalized spacial score (nSPS) is 14.4. The minimum absolute atomic E-state index is 0.278. The van der Waals surface area contributed by atoms with Gasteiger partial charge in [0.05, 0.1) is 35.6 Å². The van der Waals surface area contributed by atoms with Gasteiger partial charge in [-0.15, -0.1) is 11.3 Å². The number of carbonyl (C=O) groups excluding carboxylic acids is 1. The molecule has 0 fully saturated rings. The maximum absolute atomic E-state index is 14.4. The summed E-state index contributed by atoms with van der Waals surface area (Å²) in [6.07, 6.45) is 1.87. The topological polar surface area (TPSA) is 111 Å². The number of carbonyl (C=O) groups is 1. The summed E-state index contributed by atoms with van der Waals surface area (Å²) < 4.78 is 15.3. The molecule has 0 unspecified atom stereocenters. The number of nitriles is 1. The highest BCUT2D eigenvalue weighted by Gasteiger charge is 2.34. The van der Waals surface area contributed by atoms with E-state index in [1.54, 1.807) is 61.3 Å². The third-order valence-corrected chi connectivity index (χ3v) is 10.6. The molecule has 11 heteroatoms. The summed E-state index contributed by atoms with van der Waals surface area (Å²) in [4.78, 5) is 34.7. The van der Waals surface area contributed by atoms with E-state index in [1.807, 2.05) is 64.1 Å². The minimum Gasteiger partial charge on any atom is -0.497 e. The Morgan fingerprint density at radius 2 is 1.77 bits per heavy atom. The van der Waals surface area contributed by atoms with Gasteiger partial charge in [0.2, 0.25) is 0 Å². The summed E-state index contributed by atoms with van der Waals surface area (Å²) in [7, 11) is 3.12. The number of ether oxygens (including phenoxy) is 2. The zero-order valence-electron chi connectivity index (χ0n) is 27.1. The van der Waals surface area contributed by atoms with Gasteiger partial charge in [0, 0.05) is 33.6 Å². The number of allylic oxidation sites excluding steroid dienone is 1. The average Bonchev–Trinajstić information content (AvgIpc) is 3.63. The second-order valence-electron chi connectivity index (χ2n) is 11.2. The Balaban J connectivity index is 1.54. The van der Waals surface area contributed by atoms with Gasteiger partial charge in [-0.05, 0) is 82.2 Å². The van der Waals surface area contributed by atoms with Gasteiger partial charge in [-0.1, -0.05) is 29.5 Å². The Hall–Kier alpha value is -5.18. The number of nitrogens with zero attached hydrogens (tertiary/aromatic N) is 4. The van der Waals surface area contributed by atoms with Gasteiger partial charge in [0.15, 0.2) is 4.80 Å². The fourth-order valence-electron chi connectivity index (χ4n) is 5.96. The largest absolute Gasteiger partial charge is 0.497 e. The average molecular weight is 664 g/mol. The molecule has 0 saturated heterocycles. The molecule has 1 N–H and O–H groups in total. The lowest BCUT2D eigenvalue weighted by atomic mass is 9.94. The van der Waals surface area contributed by atoms with Crippen molar-refractivity contribution in [1.82, 2.24) is 9.13 Å². The van der Waals surface area contributed by atoms with Crippen LogP contribution < -0.4 is 29.7 Å². The van der Waals surface area contributed by atoms with Crippen LogP contribution in [0.4, 0.5) is 5.69 Å². The second-order valence-corrected chi connectivity index (χ2v) is 13.5. The second kappa shape index (κ2) is 12.5. The Bertz CT molecular complexity index is 2320. The maximum Gasteiger partial charge on any atom is 0.271 e. The van der Waals surface area contributed by atoms with Crippen LogP contribution in [0.15, 0.2) is 75.7 Å². The van der Waals surface area contributed by atoms with Crippen molar-refractivity contribution in [2.24, 2.45) is 4.99 Å². The molecule has 1 amide bonds. The molecular weight excluding hydrogens is 631 g/mol. The van der Waals surface area contributed by atoms with Crippen molar-refractivity contribution in [3.8, 4) is 22.6 Å². The van der Waals surface area contributed by atoms with Crippen LogP contribution in [0.1, 0.15) is 51.5 Å². The van der Waals surface area contributed by atoms with Gasteiger partial charge < -0.3 is 19.4 Å². The zero-order valence-corrected chi connectivity index (χ0v) is 28.7. The van der Waals surface area contributed by atoms with Crippen LogP contribution in [0.2, 0.25) is 0 Å². The smallest absolute Gasteiger partial charge is 0.271 e. The highest BCUT2D eigenvalue weighted by molar-refractivity contribution is 7.15. The Morgan fingerprint density at radius 3 is 2.45 bits per heavy atom. The van der Waals surface area contributed by atoms with Crippen LogP contribution in [0.5, 0.6) is 11.5 Å². The molecule has 0 radical (unpaired) electrons. The number of thiazole rings is 1. The van der Waals surface area contributed by atoms with Crippen LogP contribution >= 0.6 is 22.7 Å². The maximum atomic E-state index is 14.4. The number of rotatable bonds is 7. The highest BCUT2D eigenvalue weighted by Crippen LogP contribution is 2.38. The van der Waals surface area contributed by atoms with Crippen molar-refractivity contribution in [2.45, 2.75) is 40.7 Å². The molecule has 1 atom stereocenters. The Morgan fingerprint density at radius 1 is 1.02 bits per heavy atom. The molecule has 3 aromatic heterocycles. The predicted molar refractivity (Wildman–Crippen MR) is 186 cm³/mol. The van der Waals surface area contributed by atoms with Crippen LogP contribution in [-0.2, 0) is 4.79 Å². The monoisotopic (exact) mass is 663 g/mol. The van der Waals surface area contributed by atoms with Gasteiger partial charge >= 0.3 is 0 Å². The van der Waals surface area contributed by atoms with Crippen LogP contribution in [-0.4, -0.2) is 29.3 Å². The standard InChI is InChI=1S/C36H33N5O4S2/c1-19-15-24(22(4)40(19)35-28(18-37)20(2)23(5)46-35)16-30-34(43)41-32(27-14-13-26(44-6)17-29(27)45-7)31(21(3)38-36(41)47-30)33(42)39-25-11-9-8-10-12-25/h8-17,32H,1-7H3,(H,39,42)/b30-16+/t32-/m0/s1. The number of aryl methyl sites for hydroxylation is 2. The van der Waals surface area contributed by atoms with E-state index >= 15 is 0 Å². The molecule has 0 aliphatic carbocycles. The third kappa shape index (κ3) is 5.49. The summed E-state index contributed by atoms with van der Waals surface area (Å²) in [5.41, 5.74) is 6.17. The summed E-state index contributed by atoms with van der Waals surface area (Å²) in [5.74, 6) is 0.690. The molecule has 0 spiro atoms. The van der Waals surface area contributed by atoms with Gasteiger partial charge in [0.25, 0.3) is 11.5 Å². The van der Waals surface area contributed by atoms with Crippen molar-refractivity contribution in [1.29, 1.82) is 5.26 Å². The number of amides is 1. The fourth-order valence-corrected chi connectivity index (χ4v) is 8.21. The number of thiophene rings is 1. The lowest BCUT2D eigenvalue weighted by molar-refractivity contribution is -0.113. The molecule has 238 valence electrons. The van der Waals surface area contributed by atoms with E-state index in [2.05, 4.69) is 16.0 Å². The van der Waals surface area contributed by atoms with E-state index in [0.717, 1.165) is 32.4 Å². The molecule has 4 heterocycles. The Labute approximate surface area is 280 Å². The minimum atomic E-state index is -0.819. The quantitative estimate of drug-likeness (QED) is 0.235. The fraction of sp³-hybridized carbons (Fsp3) is 0.222. The third-order valence-electron chi connectivity index (χ3n) is 8.47. The summed E-state index contributed by atoms with van der Waals surface area (Å²) in [5, 5.41) is 13.8. The first-order valence-corrected chi connectivity index (χ1v) is 16.5. The molecule has 2 aromatic carbocycles. The lowest BCUT2D eigenvalue weighted by Crippen LogP contribution is -2.40. The first kappa shape index (κ1) is 31.8. The number of hydrogen-bond acceptors (Lipinski definition) is 8. The first-order valence-electron chi connectivity index (χ1n) is 14.9. The molecule has 1 aliphatic heterocycles. The number of hydrogen-bond donors (Lipinski definition) is 1.